The smallest absolute Gasteiger partial charge is 0.244 e. The van der Waals surface area contributed by atoms with Crippen molar-refractivity contribution in [2.45, 2.75) is 25.9 Å². The molecule has 0 radical (unpaired) electrons. The molecule has 0 aliphatic heterocycles. The summed E-state index contributed by atoms with van der Waals surface area (Å²) < 4.78 is 27.3. The van der Waals surface area contributed by atoms with Crippen LogP contribution in [0.15, 0.2) is 91.0 Å². The van der Waals surface area contributed by atoms with Crippen molar-refractivity contribution in [2.24, 2.45) is 0 Å². The molecule has 4 rings (SSSR count). The summed E-state index contributed by atoms with van der Waals surface area (Å²) in [6, 6.07) is 26.0. The number of fused-ring (bicyclic) bond motifs is 1. The zero-order valence-electron chi connectivity index (χ0n) is 22.8. The second-order valence-electron chi connectivity index (χ2n) is 9.59. The van der Waals surface area contributed by atoms with Gasteiger partial charge in [0.2, 0.25) is 21.8 Å². The number of likely N-dealkylation sites (N-methyl/N-ethyl adjacent to an activating group) is 1. The number of nitrogens with zero attached hydrogens (tertiary/aromatic N) is 2. The lowest BCUT2D eigenvalue weighted by molar-refractivity contribution is -0.140. The van der Waals surface area contributed by atoms with E-state index in [-0.39, 0.29) is 18.9 Å². The van der Waals surface area contributed by atoms with E-state index in [1.54, 1.807) is 37.3 Å². The van der Waals surface area contributed by atoms with Crippen LogP contribution in [-0.2, 0) is 32.6 Å². The Morgan fingerprint density at radius 2 is 1.46 bits per heavy atom. The number of halogens is 2. The lowest BCUT2D eigenvalue weighted by atomic mass is 10.0. The number of carbonyl (C=O) groups excluding carboxylic acids is 2. The van der Waals surface area contributed by atoms with Gasteiger partial charge < -0.3 is 10.2 Å². The second kappa shape index (κ2) is 13.4. The Morgan fingerprint density at radius 3 is 2.12 bits per heavy atom. The number of carbonyl (C=O) groups is 2. The minimum atomic E-state index is -3.91. The summed E-state index contributed by atoms with van der Waals surface area (Å²) >= 11 is 13.0. The van der Waals surface area contributed by atoms with Crippen LogP contribution in [0.5, 0.6) is 0 Å². The SMILES string of the molecule is CCNC(=O)[C@H](Cc1ccccc1)N(Cc1c(Cl)cccc1Cl)C(=O)CN(c1cccc2ccccc12)S(C)(=O)=O. The fourth-order valence-corrected chi connectivity index (χ4v) is 6.10. The molecule has 0 saturated heterocycles. The maximum Gasteiger partial charge on any atom is 0.244 e. The molecule has 0 fully saturated rings. The molecule has 214 valence electrons. The maximum atomic E-state index is 14.2. The van der Waals surface area contributed by atoms with Crippen molar-refractivity contribution in [2.75, 3.05) is 23.7 Å². The van der Waals surface area contributed by atoms with Crippen LogP contribution >= 0.6 is 23.2 Å². The van der Waals surface area contributed by atoms with Crippen molar-refractivity contribution in [1.29, 1.82) is 0 Å². The molecule has 0 aliphatic rings. The van der Waals surface area contributed by atoms with Crippen molar-refractivity contribution >= 4 is 61.5 Å². The molecule has 0 unspecified atom stereocenters. The fraction of sp³-hybridized carbons (Fsp3) is 0.226. The second-order valence-corrected chi connectivity index (χ2v) is 12.3. The van der Waals surface area contributed by atoms with E-state index in [9.17, 15) is 18.0 Å². The first-order chi connectivity index (χ1) is 19.6. The molecule has 0 aromatic heterocycles. The van der Waals surface area contributed by atoms with Gasteiger partial charge in [0.15, 0.2) is 0 Å². The van der Waals surface area contributed by atoms with Gasteiger partial charge in [-0.3, -0.25) is 13.9 Å². The molecule has 2 amide bonds. The van der Waals surface area contributed by atoms with Crippen molar-refractivity contribution in [1.82, 2.24) is 10.2 Å². The third kappa shape index (κ3) is 7.38. The molecular formula is C31H31Cl2N3O4S. The summed E-state index contributed by atoms with van der Waals surface area (Å²) in [6.07, 6.45) is 1.26. The highest BCUT2D eigenvalue weighted by molar-refractivity contribution is 7.92. The van der Waals surface area contributed by atoms with Crippen molar-refractivity contribution in [3.05, 3.63) is 112 Å². The summed E-state index contributed by atoms with van der Waals surface area (Å²) in [7, 11) is -3.91. The van der Waals surface area contributed by atoms with Gasteiger partial charge in [-0.15, -0.1) is 0 Å². The molecule has 0 saturated carbocycles. The highest BCUT2D eigenvalue weighted by Gasteiger charge is 2.34. The predicted molar refractivity (Wildman–Crippen MR) is 166 cm³/mol. The third-order valence-electron chi connectivity index (χ3n) is 6.73. The molecule has 0 aliphatic carbocycles. The molecule has 10 heteroatoms. The Hall–Kier alpha value is -3.59. The zero-order chi connectivity index (χ0) is 29.6. The Balaban J connectivity index is 1.81. The van der Waals surface area contributed by atoms with Crippen LogP contribution in [0.4, 0.5) is 5.69 Å². The van der Waals surface area contributed by atoms with E-state index in [0.29, 0.717) is 33.2 Å². The Kier molecular flexibility index (Phi) is 9.91. The number of rotatable bonds is 11. The lowest BCUT2D eigenvalue weighted by Crippen LogP contribution is -2.53. The molecule has 1 N–H and O–H groups in total. The van der Waals surface area contributed by atoms with Crippen molar-refractivity contribution in [3.63, 3.8) is 0 Å². The Bertz CT molecular complexity index is 1620. The standard InChI is InChI=1S/C31H31Cl2N3O4S/c1-3-34-31(38)29(19-22-11-5-4-6-12-22)35(20-25-26(32)16-10-17-27(25)33)30(37)21-36(41(2,39)40)28-18-9-14-23-13-7-8-15-24(23)28/h4-18,29H,3,19-21H2,1-2H3,(H,34,38)/t29-/m0/s1. The maximum absolute atomic E-state index is 14.2. The number of hydrogen-bond acceptors (Lipinski definition) is 4. The van der Waals surface area contributed by atoms with Crippen LogP contribution in [-0.4, -0.2) is 50.5 Å². The van der Waals surface area contributed by atoms with E-state index in [4.69, 9.17) is 23.2 Å². The molecule has 0 bridgehead atoms. The van der Waals surface area contributed by atoms with Gasteiger partial charge in [-0.25, -0.2) is 8.42 Å². The van der Waals surface area contributed by atoms with Crippen LogP contribution in [0.1, 0.15) is 18.1 Å². The van der Waals surface area contributed by atoms with Crippen LogP contribution < -0.4 is 9.62 Å². The van der Waals surface area contributed by atoms with Gasteiger partial charge >= 0.3 is 0 Å². The van der Waals surface area contributed by atoms with Gasteiger partial charge in [-0.05, 0) is 36.1 Å². The van der Waals surface area contributed by atoms with Crippen LogP contribution in [0.2, 0.25) is 10.0 Å². The predicted octanol–water partition coefficient (Wildman–Crippen LogP) is 5.69. The number of anilines is 1. The largest absolute Gasteiger partial charge is 0.355 e. The summed E-state index contributed by atoms with van der Waals surface area (Å²) in [5.41, 5.74) is 1.66. The average Bonchev–Trinajstić information content (AvgIpc) is 2.94. The number of benzene rings is 4. The van der Waals surface area contributed by atoms with Crippen LogP contribution in [0.25, 0.3) is 10.8 Å². The number of hydrogen-bond donors (Lipinski definition) is 1. The van der Waals surface area contributed by atoms with Gasteiger partial charge in [0.1, 0.15) is 12.6 Å². The molecule has 0 heterocycles. The first-order valence-corrected chi connectivity index (χ1v) is 15.7. The molecule has 1 atom stereocenters. The molecule has 7 nitrogen and oxygen atoms in total. The monoisotopic (exact) mass is 611 g/mol. The van der Waals surface area contributed by atoms with Crippen LogP contribution in [0, 0.1) is 0 Å². The highest BCUT2D eigenvalue weighted by atomic mass is 35.5. The van der Waals surface area contributed by atoms with Gasteiger partial charge in [0.05, 0.1) is 11.9 Å². The minimum absolute atomic E-state index is 0.0981. The molecule has 0 spiro atoms. The highest BCUT2D eigenvalue weighted by Crippen LogP contribution is 2.30. The lowest BCUT2D eigenvalue weighted by Gasteiger charge is -2.34. The van der Waals surface area contributed by atoms with E-state index in [1.165, 1.54) is 4.90 Å². The summed E-state index contributed by atoms with van der Waals surface area (Å²) in [5, 5.41) is 5.00. The van der Waals surface area contributed by atoms with Crippen molar-refractivity contribution < 1.29 is 18.0 Å². The van der Waals surface area contributed by atoms with Crippen molar-refractivity contribution in [3.8, 4) is 0 Å². The normalized spacial score (nSPS) is 12.1. The van der Waals surface area contributed by atoms with Gasteiger partial charge in [-0.2, -0.15) is 0 Å². The van der Waals surface area contributed by atoms with Gasteiger partial charge in [0.25, 0.3) is 0 Å². The summed E-state index contributed by atoms with van der Waals surface area (Å²) in [4.78, 5) is 29.1. The van der Waals surface area contributed by atoms with E-state index >= 15 is 0 Å². The number of sulfonamides is 1. The quantitative estimate of drug-likeness (QED) is 0.236. The average molecular weight is 613 g/mol. The molecule has 4 aromatic rings. The van der Waals surface area contributed by atoms with E-state index < -0.39 is 28.5 Å². The minimum Gasteiger partial charge on any atom is -0.355 e. The zero-order valence-corrected chi connectivity index (χ0v) is 25.1. The molecular weight excluding hydrogens is 581 g/mol. The number of amides is 2. The Labute approximate surface area is 250 Å². The fourth-order valence-electron chi connectivity index (χ4n) is 4.72. The third-order valence-corrected chi connectivity index (χ3v) is 8.56. The first-order valence-electron chi connectivity index (χ1n) is 13.1. The number of nitrogens with one attached hydrogen (secondary N) is 1. The first kappa shape index (κ1) is 30.4. The molecule has 4 aromatic carbocycles. The molecule has 41 heavy (non-hydrogen) atoms. The Morgan fingerprint density at radius 1 is 0.854 bits per heavy atom. The van der Waals surface area contributed by atoms with E-state index in [2.05, 4.69) is 5.32 Å². The van der Waals surface area contributed by atoms with E-state index in [0.717, 1.165) is 21.5 Å². The van der Waals surface area contributed by atoms with E-state index in [1.807, 2.05) is 60.7 Å². The van der Waals surface area contributed by atoms with Gasteiger partial charge in [0, 0.05) is 40.5 Å². The summed E-state index contributed by atoms with van der Waals surface area (Å²) in [5.74, 6) is -0.949. The summed E-state index contributed by atoms with van der Waals surface area (Å²) in [6.45, 7) is 1.52. The topological polar surface area (TPSA) is 86.8 Å². The van der Waals surface area contributed by atoms with Crippen LogP contribution in [0.3, 0.4) is 0 Å². The van der Waals surface area contributed by atoms with Gasteiger partial charge in [-0.1, -0.05) is 96.0 Å².